The fraction of sp³-hybridized carbons (Fsp3) is 1.00. The standard InChI is InChI=1S/C8H20NO3P/c1-9-13(3,4)12-8-7-11-6-5-10-2/h5-8H2,1-4H3. The van der Waals surface area contributed by atoms with Crippen LogP contribution < -0.4 is 0 Å². The molecule has 13 heavy (non-hydrogen) atoms. The molecule has 5 heteroatoms. The van der Waals surface area contributed by atoms with Gasteiger partial charge in [-0.2, -0.15) is 0 Å². The van der Waals surface area contributed by atoms with Gasteiger partial charge in [0.25, 0.3) is 0 Å². The first-order chi connectivity index (χ1) is 6.12. The van der Waals surface area contributed by atoms with Crippen LogP contribution in [0.25, 0.3) is 0 Å². The van der Waals surface area contributed by atoms with E-state index in [1.165, 1.54) is 0 Å². The summed E-state index contributed by atoms with van der Waals surface area (Å²) in [5, 5.41) is 0. The van der Waals surface area contributed by atoms with Gasteiger partial charge in [-0.3, -0.25) is 4.74 Å². The molecule has 0 aliphatic heterocycles. The van der Waals surface area contributed by atoms with Crippen molar-refractivity contribution in [2.24, 2.45) is 4.74 Å². The predicted molar refractivity (Wildman–Crippen MR) is 55.8 cm³/mol. The molecule has 80 valence electrons. The molecule has 0 aromatic rings. The quantitative estimate of drug-likeness (QED) is 0.473. The largest absolute Gasteiger partial charge is 0.382 e. The van der Waals surface area contributed by atoms with Crippen LogP contribution in [0.4, 0.5) is 0 Å². The van der Waals surface area contributed by atoms with Crippen LogP contribution in [0.15, 0.2) is 4.74 Å². The van der Waals surface area contributed by atoms with Gasteiger partial charge < -0.3 is 14.0 Å². The molecule has 0 rings (SSSR count). The highest BCUT2D eigenvalue weighted by atomic mass is 31.2. The van der Waals surface area contributed by atoms with E-state index < -0.39 is 7.28 Å². The minimum Gasteiger partial charge on any atom is -0.382 e. The maximum absolute atomic E-state index is 5.54. The molecule has 0 fully saturated rings. The maximum atomic E-state index is 5.54. The molecule has 0 aliphatic rings. The lowest BCUT2D eigenvalue weighted by atomic mass is 10.7. The van der Waals surface area contributed by atoms with Crippen LogP contribution in [0.5, 0.6) is 0 Å². The van der Waals surface area contributed by atoms with E-state index >= 15 is 0 Å². The van der Waals surface area contributed by atoms with Gasteiger partial charge in [0.1, 0.15) is 0 Å². The van der Waals surface area contributed by atoms with Crippen LogP contribution in [-0.4, -0.2) is 53.9 Å². The molecule has 0 spiro atoms. The summed E-state index contributed by atoms with van der Waals surface area (Å²) in [5.41, 5.74) is 0. The summed E-state index contributed by atoms with van der Waals surface area (Å²) in [7, 11) is 1.98. The smallest absolute Gasteiger partial charge is 0.0789 e. The van der Waals surface area contributed by atoms with Gasteiger partial charge in [-0.1, -0.05) is 0 Å². The Kier molecular flexibility index (Phi) is 7.57. The van der Waals surface area contributed by atoms with Gasteiger partial charge in [0.15, 0.2) is 0 Å². The fourth-order valence-corrected chi connectivity index (χ4v) is 1.26. The van der Waals surface area contributed by atoms with Crippen molar-refractivity contribution in [3.8, 4) is 0 Å². The maximum Gasteiger partial charge on any atom is 0.0789 e. The summed E-state index contributed by atoms with van der Waals surface area (Å²) >= 11 is 0. The Labute approximate surface area is 80.7 Å². The van der Waals surface area contributed by atoms with Crippen LogP contribution in [0, 0.1) is 0 Å². The molecule has 0 aromatic heterocycles. The molecule has 4 nitrogen and oxygen atoms in total. The van der Waals surface area contributed by atoms with Gasteiger partial charge in [-0.25, -0.2) is 0 Å². The molecule has 0 atom stereocenters. The Morgan fingerprint density at radius 1 is 1.08 bits per heavy atom. The van der Waals surface area contributed by atoms with Crippen molar-refractivity contribution >= 4 is 7.28 Å². The van der Waals surface area contributed by atoms with Crippen LogP contribution in [0.1, 0.15) is 0 Å². The van der Waals surface area contributed by atoms with E-state index in [2.05, 4.69) is 4.74 Å². The number of hydrogen-bond acceptors (Lipinski definition) is 4. The van der Waals surface area contributed by atoms with Gasteiger partial charge in [-0.05, 0) is 13.3 Å². The Morgan fingerprint density at radius 3 is 2.23 bits per heavy atom. The van der Waals surface area contributed by atoms with Gasteiger partial charge in [-0.15, -0.1) is 0 Å². The molecule has 0 heterocycles. The molecule has 0 radical (unpaired) electrons. The normalized spacial score (nSPS) is 11.7. The average Bonchev–Trinajstić information content (AvgIpc) is 2.11. The lowest BCUT2D eigenvalue weighted by molar-refractivity contribution is 0.0561. The molecule has 0 bridgehead atoms. The summed E-state index contributed by atoms with van der Waals surface area (Å²) in [4.78, 5) is 0. The van der Waals surface area contributed by atoms with E-state index in [0.29, 0.717) is 26.4 Å². The second kappa shape index (κ2) is 7.51. The molecule has 0 aromatic carbocycles. The van der Waals surface area contributed by atoms with Crippen molar-refractivity contribution in [3.05, 3.63) is 0 Å². The van der Waals surface area contributed by atoms with Gasteiger partial charge in [0.05, 0.1) is 33.7 Å². The SMILES string of the molecule is CN=P(C)(C)OCCOCCOC. The van der Waals surface area contributed by atoms with Crippen molar-refractivity contribution in [3.63, 3.8) is 0 Å². The molecule has 0 N–H and O–H groups in total. The summed E-state index contributed by atoms with van der Waals surface area (Å²) in [6.45, 7) is 6.55. The number of methoxy groups -OCH3 is 1. The first kappa shape index (κ1) is 13.1. The highest BCUT2D eigenvalue weighted by Crippen LogP contribution is 2.40. The topological polar surface area (TPSA) is 40.0 Å². The van der Waals surface area contributed by atoms with E-state index in [4.69, 9.17) is 14.0 Å². The minimum atomic E-state index is -1.47. The monoisotopic (exact) mass is 209 g/mol. The van der Waals surface area contributed by atoms with Gasteiger partial charge >= 0.3 is 0 Å². The zero-order valence-corrected chi connectivity index (χ0v) is 9.84. The second-order valence-electron chi connectivity index (χ2n) is 2.93. The van der Waals surface area contributed by atoms with Crippen molar-refractivity contribution in [2.75, 3.05) is 53.9 Å². The second-order valence-corrected chi connectivity index (χ2v) is 6.18. The van der Waals surface area contributed by atoms with Gasteiger partial charge in [0.2, 0.25) is 0 Å². The van der Waals surface area contributed by atoms with Crippen LogP contribution in [0.3, 0.4) is 0 Å². The van der Waals surface area contributed by atoms with Crippen molar-refractivity contribution in [1.82, 2.24) is 0 Å². The number of ether oxygens (including phenoxy) is 2. The summed E-state index contributed by atoms with van der Waals surface area (Å²) < 4.78 is 19.8. The van der Waals surface area contributed by atoms with E-state index in [-0.39, 0.29) is 0 Å². The molecule has 0 aliphatic carbocycles. The fourth-order valence-electron chi connectivity index (χ4n) is 0.622. The summed E-state index contributed by atoms with van der Waals surface area (Å²) in [6, 6.07) is 0. The van der Waals surface area contributed by atoms with E-state index in [9.17, 15) is 0 Å². The minimum absolute atomic E-state index is 0.613. The van der Waals surface area contributed by atoms with Crippen LogP contribution >= 0.6 is 7.28 Å². The Bertz CT molecular complexity index is 167. The Balaban J connectivity index is 3.26. The third-order valence-electron chi connectivity index (χ3n) is 1.55. The van der Waals surface area contributed by atoms with Crippen LogP contribution in [0.2, 0.25) is 0 Å². The molecule has 0 saturated carbocycles. The Hall–Kier alpha value is 0.110. The number of hydrogen-bond donors (Lipinski definition) is 0. The van der Waals surface area contributed by atoms with Gasteiger partial charge in [0, 0.05) is 14.2 Å². The lowest BCUT2D eigenvalue weighted by Gasteiger charge is -2.13. The highest BCUT2D eigenvalue weighted by Gasteiger charge is 2.02. The molecule has 0 amide bonds. The number of rotatable bonds is 7. The van der Waals surface area contributed by atoms with E-state index in [1.54, 1.807) is 14.2 Å². The van der Waals surface area contributed by atoms with Crippen LogP contribution in [-0.2, 0) is 14.0 Å². The first-order valence-corrected chi connectivity index (χ1v) is 6.84. The lowest BCUT2D eigenvalue weighted by Crippen LogP contribution is -2.07. The summed E-state index contributed by atoms with van der Waals surface area (Å²) in [6.07, 6.45) is 0. The van der Waals surface area contributed by atoms with Crippen molar-refractivity contribution in [2.45, 2.75) is 0 Å². The molecule has 0 saturated heterocycles. The average molecular weight is 209 g/mol. The zero-order chi connectivity index (χ0) is 10.2. The molecular weight excluding hydrogens is 189 g/mol. The Morgan fingerprint density at radius 2 is 1.69 bits per heavy atom. The predicted octanol–water partition coefficient (Wildman–Crippen LogP) is 1.67. The molecular formula is C8H20NO3P. The summed E-state index contributed by atoms with van der Waals surface area (Å²) in [5.74, 6) is 0. The third kappa shape index (κ3) is 8.44. The first-order valence-electron chi connectivity index (χ1n) is 4.29. The van der Waals surface area contributed by atoms with E-state index in [1.807, 2.05) is 13.3 Å². The zero-order valence-electron chi connectivity index (χ0n) is 8.95. The van der Waals surface area contributed by atoms with Crippen molar-refractivity contribution in [1.29, 1.82) is 0 Å². The third-order valence-corrected chi connectivity index (χ3v) is 3.33. The highest BCUT2D eigenvalue weighted by molar-refractivity contribution is 7.59. The number of nitrogens with zero attached hydrogens (tertiary/aromatic N) is 1. The van der Waals surface area contributed by atoms with E-state index in [0.717, 1.165) is 0 Å². The molecule has 0 unspecified atom stereocenters. The van der Waals surface area contributed by atoms with Crippen molar-refractivity contribution < 1.29 is 14.0 Å².